The zero-order valence-corrected chi connectivity index (χ0v) is 24.1. The predicted molar refractivity (Wildman–Crippen MR) is 155 cm³/mol. The molecule has 3 amide bonds. The van der Waals surface area contributed by atoms with Crippen LogP contribution in [0.4, 0.5) is 10.5 Å². The lowest BCUT2D eigenvalue weighted by Crippen LogP contribution is -2.45. The van der Waals surface area contributed by atoms with Crippen molar-refractivity contribution in [2.75, 3.05) is 39.2 Å². The summed E-state index contributed by atoms with van der Waals surface area (Å²) in [5, 5.41) is 2.97. The highest BCUT2D eigenvalue weighted by atomic mass is 32.1. The number of carbonyl (C=O) groups excluding carboxylic acids is 2. The molecule has 1 heterocycles. The first kappa shape index (κ1) is 29.0. The molecule has 0 fully saturated rings. The van der Waals surface area contributed by atoms with Gasteiger partial charge in [-0.15, -0.1) is 11.3 Å². The summed E-state index contributed by atoms with van der Waals surface area (Å²) in [6.45, 7) is 9.64. The number of aryl methyl sites for hydroxylation is 3. The Morgan fingerprint density at radius 3 is 2.26 bits per heavy atom. The highest BCUT2D eigenvalue weighted by Gasteiger charge is 2.22. The number of thiophene rings is 1. The zero-order valence-electron chi connectivity index (χ0n) is 23.3. The lowest BCUT2D eigenvalue weighted by molar-refractivity contribution is -0.132. The minimum absolute atomic E-state index is 0.0147. The topological polar surface area (TPSA) is 71.1 Å². The predicted octanol–water partition coefficient (Wildman–Crippen LogP) is 6.21. The van der Waals surface area contributed by atoms with Crippen LogP contribution in [-0.2, 0) is 17.8 Å². The van der Waals surface area contributed by atoms with E-state index in [1.807, 2.05) is 62.1 Å². The summed E-state index contributed by atoms with van der Waals surface area (Å²) in [6, 6.07) is 15.5. The van der Waals surface area contributed by atoms with Gasteiger partial charge in [0.15, 0.2) is 11.5 Å². The molecule has 0 bridgehead atoms. The van der Waals surface area contributed by atoms with Crippen LogP contribution in [0.1, 0.15) is 39.8 Å². The Kier molecular flexibility index (Phi) is 10.6. The van der Waals surface area contributed by atoms with Crippen LogP contribution in [-0.4, -0.2) is 55.6 Å². The number of ether oxygens (including phenoxy) is 2. The van der Waals surface area contributed by atoms with E-state index in [4.69, 9.17) is 9.47 Å². The molecule has 204 valence electrons. The van der Waals surface area contributed by atoms with E-state index in [0.717, 1.165) is 33.7 Å². The van der Waals surface area contributed by atoms with Crippen molar-refractivity contribution in [3.63, 3.8) is 0 Å². The standard InChI is InChI=1S/C30H39N3O4S/c1-7-15-33(30(35)31-25-11-8-21(2)22(3)17-25)20-29(34)32(19-26-12-9-23(4)38-26)16-14-24-10-13-27(36-5)28(18-24)37-6/h8-13,17-18H,7,14-16,19-20H2,1-6H3,(H,31,35). The largest absolute Gasteiger partial charge is 0.493 e. The molecule has 0 aliphatic carbocycles. The second-order valence-corrected chi connectivity index (χ2v) is 10.8. The molecule has 0 spiro atoms. The molecule has 1 N–H and O–H groups in total. The molecule has 0 aliphatic heterocycles. The molecule has 38 heavy (non-hydrogen) atoms. The monoisotopic (exact) mass is 537 g/mol. The van der Waals surface area contributed by atoms with E-state index in [0.29, 0.717) is 37.6 Å². The second kappa shape index (κ2) is 13.9. The van der Waals surface area contributed by atoms with Gasteiger partial charge in [-0.2, -0.15) is 0 Å². The number of rotatable bonds is 12. The molecular weight excluding hydrogens is 498 g/mol. The Labute approximate surface area is 230 Å². The second-order valence-electron chi connectivity index (χ2n) is 9.42. The fourth-order valence-corrected chi connectivity index (χ4v) is 5.06. The number of hydrogen-bond donors (Lipinski definition) is 1. The molecule has 0 radical (unpaired) electrons. The van der Waals surface area contributed by atoms with Gasteiger partial charge in [-0.1, -0.05) is 19.1 Å². The fraction of sp³-hybridized carbons (Fsp3) is 0.400. The summed E-state index contributed by atoms with van der Waals surface area (Å²) in [5.41, 5.74) is 4.04. The molecular formula is C30H39N3O4S. The average molecular weight is 538 g/mol. The van der Waals surface area contributed by atoms with Gasteiger partial charge in [0, 0.05) is 28.5 Å². The number of nitrogens with zero attached hydrogens (tertiary/aromatic N) is 2. The van der Waals surface area contributed by atoms with Gasteiger partial charge in [-0.05, 0) is 86.7 Å². The van der Waals surface area contributed by atoms with E-state index >= 15 is 0 Å². The van der Waals surface area contributed by atoms with Crippen LogP contribution in [0.25, 0.3) is 0 Å². The molecule has 3 aromatic rings. The quantitative estimate of drug-likeness (QED) is 0.298. The van der Waals surface area contributed by atoms with Crippen molar-refractivity contribution < 1.29 is 19.1 Å². The lowest BCUT2D eigenvalue weighted by atomic mass is 10.1. The molecule has 0 unspecified atom stereocenters. The van der Waals surface area contributed by atoms with Crippen molar-refractivity contribution >= 4 is 29.0 Å². The van der Waals surface area contributed by atoms with Crippen LogP contribution in [0.5, 0.6) is 11.5 Å². The summed E-state index contributed by atoms with van der Waals surface area (Å²) in [6.07, 6.45) is 1.41. The molecule has 0 atom stereocenters. The summed E-state index contributed by atoms with van der Waals surface area (Å²) < 4.78 is 10.8. The third-order valence-electron chi connectivity index (χ3n) is 6.48. The molecule has 2 aromatic carbocycles. The van der Waals surface area contributed by atoms with Crippen LogP contribution < -0.4 is 14.8 Å². The van der Waals surface area contributed by atoms with E-state index in [1.54, 1.807) is 30.5 Å². The minimum Gasteiger partial charge on any atom is -0.493 e. The fourth-order valence-electron chi connectivity index (χ4n) is 4.16. The maximum absolute atomic E-state index is 13.6. The van der Waals surface area contributed by atoms with E-state index in [9.17, 15) is 9.59 Å². The van der Waals surface area contributed by atoms with Crippen LogP contribution in [0.15, 0.2) is 48.5 Å². The first-order valence-electron chi connectivity index (χ1n) is 12.9. The van der Waals surface area contributed by atoms with Gasteiger partial charge in [0.25, 0.3) is 0 Å². The average Bonchev–Trinajstić information content (AvgIpc) is 3.32. The van der Waals surface area contributed by atoms with Gasteiger partial charge in [0.1, 0.15) is 6.54 Å². The number of benzene rings is 2. The van der Waals surface area contributed by atoms with Crippen molar-refractivity contribution in [1.29, 1.82) is 0 Å². The van der Waals surface area contributed by atoms with Crippen LogP contribution in [0.2, 0.25) is 0 Å². The first-order valence-corrected chi connectivity index (χ1v) is 13.7. The molecule has 0 aliphatic rings. The Balaban J connectivity index is 1.74. The van der Waals surface area contributed by atoms with Crippen LogP contribution >= 0.6 is 11.3 Å². The Hall–Kier alpha value is -3.52. The number of nitrogens with one attached hydrogen (secondary N) is 1. The van der Waals surface area contributed by atoms with Gasteiger partial charge in [0.2, 0.25) is 5.91 Å². The number of anilines is 1. The van der Waals surface area contributed by atoms with E-state index in [2.05, 4.69) is 24.4 Å². The Bertz CT molecular complexity index is 1240. The minimum atomic E-state index is -0.268. The third-order valence-corrected chi connectivity index (χ3v) is 7.46. The van der Waals surface area contributed by atoms with E-state index in [-0.39, 0.29) is 18.5 Å². The number of methoxy groups -OCH3 is 2. The maximum Gasteiger partial charge on any atom is 0.322 e. The zero-order chi connectivity index (χ0) is 27.7. The molecule has 0 saturated carbocycles. The normalized spacial score (nSPS) is 10.7. The first-order chi connectivity index (χ1) is 18.2. The smallest absolute Gasteiger partial charge is 0.322 e. The van der Waals surface area contributed by atoms with E-state index in [1.165, 1.54) is 4.88 Å². The highest BCUT2D eigenvalue weighted by molar-refractivity contribution is 7.11. The van der Waals surface area contributed by atoms with Crippen molar-refractivity contribution in [2.24, 2.45) is 0 Å². The molecule has 0 saturated heterocycles. The SMILES string of the molecule is CCCN(CC(=O)N(CCc1ccc(OC)c(OC)c1)Cc1ccc(C)s1)C(=O)Nc1ccc(C)c(C)c1. The number of urea groups is 1. The third kappa shape index (κ3) is 7.99. The number of hydrogen-bond acceptors (Lipinski definition) is 5. The van der Waals surface area contributed by atoms with Crippen LogP contribution in [0.3, 0.4) is 0 Å². The Morgan fingerprint density at radius 1 is 0.868 bits per heavy atom. The molecule has 7 nitrogen and oxygen atoms in total. The van der Waals surface area contributed by atoms with Gasteiger partial charge in [-0.25, -0.2) is 4.79 Å². The summed E-state index contributed by atoms with van der Waals surface area (Å²) in [7, 11) is 3.22. The van der Waals surface area contributed by atoms with Gasteiger partial charge in [0.05, 0.1) is 20.8 Å². The number of amides is 3. The van der Waals surface area contributed by atoms with Gasteiger partial charge < -0.3 is 24.6 Å². The maximum atomic E-state index is 13.6. The van der Waals surface area contributed by atoms with Crippen molar-refractivity contribution in [2.45, 2.75) is 47.1 Å². The molecule has 1 aromatic heterocycles. The molecule has 8 heteroatoms. The number of carbonyl (C=O) groups is 2. The summed E-state index contributed by atoms with van der Waals surface area (Å²) in [5.74, 6) is 1.25. The lowest BCUT2D eigenvalue weighted by Gasteiger charge is -2.28. The van der Waals surface area contributed by atoms with Crippen molar-refractivity contribution in [3.05, 3.63) is 75.0 Å². The highest BCUT2D eigenvalue weighted by Crippen LogP contribution is 2.28. The Morgan fingerprint density at radius 2 is 1.63 bits per heavy atom. The van der Waals surface area contributed by atoms with Gasteiger partial charge >= 0.3 is 6.03 Å². The van der Waals surface area contributed by atoms with Gasteiger partial charge in [-0.3, -0.25) is 4.79 Å². The summed E-state index contributed by atoms with van der Waals surface area (Å²) >= 11 is 1.68. The molecule has 3 rings (SSSR count). The van der Waals surface area contributed by atoms with E-state index < -0.39 is 0 Å². The van der Waals surface area contributed by atoms with Crippen molar-refractivity contribution in [1.82, 2.24) is 9.80 Å². The summed E-state index contributed by atoms with van der Waals surface area (Å²) in [4.78, 5) is 32.5. The van der Waals surface area contributed by atoms with Crippen molar-refractivity contribution in [3.8, 4) is 11.5 Å². The van der Waals surface area contributed by atoms with Crippen LogP contribution in [0, 0.1) is 20.8 Å².